The first-order valence-corrected chi connectivity index (χ1v) is 5.86. The van der Waals surface area contributed by atoms with Crippen LogP contribution in [-0.2, 0) is 13.0 Å². The van der Waals surface area contributed by atoms with Crippen molar-refractivity contribution in [3.05, 3.63) is 47.8 Å². The minimum atomic E-state index is 0.338. The normalized spacial score (nSPS) is 10.3. The number of ether oxygens (including phenoxy) is 1. The molecular formula is C13H16N4O. The number of benzene rings is 1. The van der Waals surface area contributed by atoms with Gasteiger partial charge >= 0.3 is 0 Å². The Morgan fingerprint density at radius 2 is 1.78 bits per heavy atom. The molecule has 0 saturated heterocycles. The van der Waals surface area contributed by atoms with E-state index in [-0.39, 0.29) is 0 Å². The van der Waals surface area contributed by atoms with Crippen molar-refractivity contribution in [3.8, 4) is 5.75 Å². The summed E-state index contributed by atoms with van der Waals surface area (Å²) in [5.41, 5.74) is 5.49. The van der Waals surface area contributed by atoms with Crippen molar-refractivity contribution >= 4 is 0 Å². The van der Waals surface area contributed by atoms with E-state index in [0.29, 0.717) is 31.2 Å². The summed E-state index contributed by atoms with van der Waals surface area (Å²) in [7, 11) is 0. The molecule has 0 fully saturated rings. The molecule has 0 unspecified atom stereocenters. The van der Waals surface area contributed by atoms with Crippen LogP contribution in [0.25, 0.3) is 0 Å². The molecule has 0 aliphatic rings. The molecule has 1 aromatic heterocycles. The highest BCUT2D eigenvalue weighted by atomic mass is 16.5. The third kappa shape index (κ3) is 3.49. The maximum Gasteiger partial charge on any atom is 0.169 e. The zero-order valence-electron chi connectivity index (χ0n) is 10.3. The molecule has 0 atom stereocenters. The quantitative estimate of drug-likeness (QED) is 0.857. The molecule has 2 aromatic rings. The van der Waals surface area contributed by atoms with Gasteiger partial charge in [-0.1, -0.05) is 18.2 Å². The minimum Gasteiger partial charge on any atom is -0.486 e. The largest absolute Gasteiger partial charge is 0.486 e. The summed E-state index contributed by atoms with van der Waals surface area (Å²) in [6.45, 7) is 2.71. The number of hydrogen-bond donors (Lipinski definition) is 1. The second-order valence-corrected chi connectivity index (χ2v) is 3.86. The third-order valence-corrected chi connectivity index (χ3v) is 2.32. The maximum absolute atomic E-state index is 5.60. The molecular weight excluding hydrogens is 228 g/mol. The number of nitrogens with zero attached hydrogens (tertiary/aromatic N) is 3. The van der Waals surface area contributed by atoms with Gasteiger partial charge in [0, 0.05) is 6.42 Å². The van der Waals surface area contributed by atoms with Crippen molar-refractivity contribution in [1.82, 2.24) is 15.0 Å². The molecule has 0 aliphatic carbocycles. The Morgan fingerprint density at radius 1 is 1.06 bits per heavy atom. The van der Waals surface area contributed by atoms with Gasteiger partial charge in [0.15, 0.2) is 5.82 Å². The summed E-state index contributed by atoms with van der Waals surface area (Å²) >= 11 is 0. The van der Waals surface area contributed by atoms with Gasteiger partial charge in [-0.3, -0.25) is 0 Å². The lowest BCUT2D eigenvalue weighted by Gasteiger charge is -2.06. The van der Waals surface area contributed by atoms with Crippen LogP contribution in [0.1, 0.15) is 17.5 Å². The van der Waals surface area contributed by atoms with Crippen molar-refractivity contribution in [2.75, 3.05) is 6.54 Å². The fourth-order valence-electron chi connectivity index (χ4n) is 1.57. The van der Waals surface area contributed by atoms with Crippen molar-refractivity contribution in [3.63, 3.8) is 0 Å². The molecule has 0 aliphatic heterocycles. The van der Waals surface area contributed by atoms with Crippen LogP contribution in [0.4, 0.5) is 0 Å². The highest BCUT2D eigenvalue weighted by molar-refractivity contribution is 5.21. The molecule has 0 spiro atoms. The predicted octanol–water partition coefficient (Wildman–Crippen LogP) is 1.26. The Bertz CT molecular complexity index is 502. The molecule has 1 heterocycles. The van der Waals surface area contributed by atoms with Gasteiger partial charge in [0.1, 0.15) is 24.0 Å². The van der Waals surface area contributed by atoms with Gasteiger partial charge in [-0.15, -0.1) is 0 Å². The van der Waals surface area contributed by atoms with E-state index in [1.165, 1.54) is 0 Å². The first kappa shape index (κ1) is 12.4. The zero-order valence-corrected chi connectivity index (χ0v) is 10.3. The van der Waals surface area contributed by atoms with Gasteiger partial charge in [-0.05, 0) is 25.6 Å². The van der Waals surface area contributed by atoms with E-state index >= 15 is 0 Å². The van der Waals surface area contributed by atoms with Crippen LogP contribution in [0.2, 0.25) is 0 Å². The van der Waals surface area contributed by atoms with Crippen LogP contribution in [0, 0.1) is 6.92 Å². The summed E-state index contributed by atoms with van der Waals surface area (Å²) in [4.78, 5) is 12.8. The number of para-hydroxylation sites is 1. The predicted molar refractivity (Wildman–Crippen MR) is 68.1 cm³/mol. The van der Waals surface area contributed by atoms with Crippen molar-refractivity contribution in [1.29, 1.82) is 0 Å². The van der Waals surface area contributed by atoms with Crippen LogP contribution in [0.15, 0.2) is 30.3 Å². The molecule has 0 saturated carbocycles. The van der Waals surface area contributed by atoms with E-state index in [1.807, 2.05) is 37.3 Å². The van der Waals surface area contributed by atoms with E-state index in [4.69, 9.17) is 10.5 Å². The average molecular weight is 244 g/mol. The van der Waals surface area contributed by atoms with E-state index in [0.717, 1.165) is 11.6 Å². The lowest BCUT2D eigenvalue weighted by molar-refractivity contribution is 0.294. The fourth-order valence-corrected chi connectivity index (χ4v) is 1.57. The first-order valence-electron chi connectivity index (χ1n) is 5.86. The van der Waals surface area contributed by atoms with Gasteiger partial charge < -0.3 is 10.5 Å². The van der Waals surface area contributed by atoms with Crippen molar-refractivity contribution < 1.29 is 4.74 Å². The van der Waals surface area contributed by atoms with Gasteiger partial charge in [-0.2, -0.15) is 0 Å². The Balaban J connectivity index is 2.05. The van der Waals surface area contributed by atoms with E-state index in [1.54, 1.807) is 0 Å². The third-order valence-electron chi connectivity index (χ3n) is 2.32. The Kier molecular flexibility index (Phi) is 4.20. The number of nitrogens with two attached hydrogens (primary N) is 1. The number of hydrogen-bond acceptors (Lipinski definition) is 5. The molecule has 2 rings (SSSR count). The molecule has 0 bridgehead atoms. The van der Waals surface area contributed by atoms with Crippen LogP contribution in [0.5, 0.6) is 5.75 Å². The lowest BCUT2D eigenvalue weighted by atomic mass is 10.3. The molecule has 0 amide bonds. The number of aromatic nitrogens is 3. The van der Waals surface area contributed by atoms with Crippen LogP contribution in [0.3, 0.4) is 0 Å². The standard InChI is InChI=1S/C13H16N4O/c1-10-15-12(7-8-14)17-13(16-10)9-18-11-5-3-2-4-6-11/h2-6H,7-9,14H2,1H3. The summed E-state index contributed by atoms with van der Waals surface area (Å²) in [5.74, 6) is 2.85. The van der Waals surface area contributed by atoms with E-state index in [9.17, 15) is 0 Å². The molecule has 94 valence electrons. The number of aryl methyl sites for hydroxylation is 1. The van der Waals surface area contributed by atoms with E-state index in [2.05, 4.69) is 15.0 Å². The van der Waals surface area contributed by atoms with Gasteiger partial charge in [0.05, 0.1) is 0 Å². The van der Waals surface area contributed by atoms with Gasteiger partial charge in [0.2, 0.25) is 0 Å². The second-order valence-electron chi connectivity index (χ2n) is 3.86. The summed E-state index contributed by atoms with van der Waals surface area (Å²) in [6.07, 6.45) is 0.654. The van der Waals surface area contributed by atoms with Gasteiger partial charge in [-0.25, -0.2) is 15.0 Å². The van der Waals surface area contributed by atoms with Crippen LogP contribution >= 0.6 is 0 Å². The fraction of sp³-hybridized carbons (Fsp3) is 0.308. The Hall–Kier alpha value is -2.01. The van der Waals surface area contributed by atoms with Crippen LogP contribution < -0.4 is 10.5 Å². The second kappa shape index (κ2) is 6.07. The molecule has 1 aromatic carbocycles. The minimum absolute atomic E-state index is 0.338. The lowest BCUT2D eigenvalue weighted by Crippen LogP contribution is -2.12. The summed E-state index contributed by atoms with van der Waals surface area (Å²) in [6, 6.07) is 9.59. The van der Waals surface area contributed by atoms with E-state index < -0.39 is 0 Å². The average Bonchev–Trinajstić information content (AvgIpc) is 2.37. The van der Waals surface area contributed by atoms with Gasteiger partial charge in [0.25, 0.3) is 0 Å². The molecule has 5 nitrogen and oxygen atoms in total. The van der Waals surface area contributed by atoms with Crippen LogP contribution in [-0.4, -0.2) is 21.5 Å². The topological polar surface area (TPSA) is 73.9 Å². The molecule has 18 heavy (non-hydrogen) atoms. The highest BCUT2D eigenvalue weighted by Gasteiger charge is 2.04. The van der Waals surface area contributed by atoms with Crippen molar-refractivity contribution in [2.24, 2.45) is 5.73 Å². The number of rotatable bonds is 5. The maximum atomic E-state index is 5.60. The molecule has 5 heteroatoms. The summed E-state index contributed by atoms with van der Waals surface area (Å²) in [5, 5.41) is 0. The van der Waals surface area contributed by atoms with Crippen molar-refractivity contribution in [2.45, 2.75) is 20.0 Å². The highest BCUT2D eigenvalue weighted by Crippen LogP contribution is 2.10. The Morgan fingerprint density at radius 3 is 2.50 bits per heavy atom. The monoisotopic (exact) mass is 244 g/mol. The SMILES string of the molecule is Cc1nc(CCN)nc(COc2ccccc2)n1. The first-order chi connectivity index (χ1) is 8.78. The zero-order chi connectivity index (χ0) is 12.8. The molecule has 0 radical (unpaired) electrons. The smallest absolute Gasteiger partial charge is 0.169 e. The molecule has 2 N–H and O–H groups in total. The Labute approximate surface area is 106 Å². The summed E-state index contributed by atoms with van der Waals surface area (Å²) < 4.78 is 5.60.